The summed E-state index contributed by atoms with van der Waals surface area (Å²) in [6, 6.07) is 0. The van der Waals surface area contributed by atoms with E-state index in [1.807, 2.05) is 0 Å². The third-order valence-corrected chi connectivity index (χ3v) is 3.11. The molecule has 0 radical (unpaired) electrons. The molecule has 0 heterocycles. The van der Waals surface area contributed by atoms with Crippen LogP contribution in [0.15, 0.2) is 12.2 Å². The smallest absolute Gasteiger partial charge is 0.0587 e. The number of hydrogen-bond acceptors (Lipinski definition) is 1. The van der Waals surface area contributed by atoms with Gasteiger partial charge in [-0.2, -0.15) is 0 Å². The maximum Gasteiger partial charge on any atom is 0.0587 e. The van der Waals surface area contributed by atoms with Crippen molar-refractivity contribution in [3.05, 3.63) is 12.2 Å². The van der Waals surface area contributed by atoms with Crippen LogP contribution in [-0.2, 0) is 4.74 Å². The van der Waals surface area contributed by atoms with E-state index in [1.54, 1.807) is 0 Å². The predicted octanol–water partition coefficient (Wildman–Crippen LogP) is 4.97. The van der Waals surface area contributed by atoms with E-state index < -0.39 is 0 Å². The Balaban J connectivity index is 4.17. The summed E-state index contributed by atoms with van der Waals surface area (Å²) in [5, 5.41) is 0. The second kappa shape index (κ2) is 10.2. The molecule has 0 fully saturated rings. The standard InChI is InChI=1S/C17H30O/c1-7-10-16(6)18-17(9-3)13-15(5)12-11-14(4)8-2/h15-17H,4,7-10,13H2,1-3,5-6H3. The van der Waals surface area contributed by atoms with Gasteiger partial charge in [0.05, 0.1) is 12.2 Å². The van der Waals surface area contributed by atoms with Crippen LogP contribution in [0.5, 0.6) is 0 Å². The Morgan fingerprint density at radius 1 is 1.22 bits per heavy atom. The molecule has 1 heteroatoms. The zero-order valence-corrected chi connectivity index (χ0v) is 12.9. The molecule has 0 spiro atoms. The maximum atomic E-state index is 6.05. The van der Waals surface area contributed by atoms with Gasteiger partial charge in [-0.3, -0.25) is 0 Å². The van der Waals surface area contributed by atoms with Crippen molar-refractivity contribution in [3.8, 4) is 11.8 Å². The molecule has 0 N–H and O–H groups in total. The average molecular weight is 250 g/mol. The van der Waals surface area contributed by atoms with Gasteiger partial charge >= 0.3 is 0 Å². The highest BCUT2D eigenvalue weighted by Gasteiger charge is 2.13. The van der Waals surface area contributed by atoms with Crippen LogP contribution in [0.2, 0.25) is 0 Å². The topological polar surface area (TPSA) is 9.23 Å². The summed E-state index contributed by atoms with van der Waals surface area (Å²) < 4.78 is 6.05. The summed E-state index contributed by atoms with van der Waals surface area (Å²) in [5.41, 5.74) is 1.02. The van der Waals surface area contributed by atoms with Crippen molar-refractivity contribution in [1.29, 1.82) is 0 Å². The van der Waals surface area contributed by atoms with Crippen molar-refractivity contribution in [2.75, 3.05) is 0 Å². The van der Waals surface area contributed by atoms with Crippen LogP contribution in [0.4, 0.5) is 0 Å². The summed E-state index contributed by atoms with van der Waals surface area (Å²) in [6.07, 6.45) is 6.06. The van der Waals surface area contributed by atoms with Gasteiger partial charge in [0.2, 0.25) is 0 Å². The van der Waals surface area contributed by atoms with Gasteiger partial charge in [0, 0.05) is 5.92 Å². The zero-order valence-electron chi connectivity index (χ0n) is 12.9. The molecule has 3 unspecified atom stereocenters. The molecule has 0 aliphatic rings. The molecule has 0 rings (SSSR count). The van der Waals surface area contributed by atoms with Crippen molar-refractivity contribution in [2.45, 2.75) is 78.9 Å². The van der Waals surface area contributed by atoms with E-state index in [1.165, 1.54) is 6.42 Å². The summed E-state index contributed by atoms with van der Waals surface area (Å²) in [6.45, 7) is 14.7. The lowest BCUT2D eigenvalue weighted by atomic mass is 10.0. The monoisotopic (exact) mass is 250 g/mol. The second-order valence-electron chi connectivity index (χ2n) is 5.13. The van der Waals surface area contributed by atoms with Crippen molar-refractivity contribution >= 4 is 0 Å². The Kier molecular flexibility index (Phi) is 9.79. The lowest BCUT2D eigenvalue weighted by molar-refractivity contribution is -0.0162. The van der Waals surface area contributed by atoms with Crippen molar-refractivity contribution < 1.29 is 4.74 Å². The van der Waals surface area contributed by atoms with Gasteiger partial charge < -0.3 is 4.74 Å². The summed E-state index contributed by atoms with van der Waals surface area (Å²) in [4.78, 5) is 0. The van der Waals surface area contributed by atoms with Crippen molar-refractivity contribution in [2.24, 2.45) is 5.92 Å². The third-order valence-electron chi connectivity index (χ3n) is 3.11. The maximum absolute atomic E-state index is 6.05. The molecule has 0 aliphatic carbocycles. The quantitative estimate of drug-likeness (QED) is 0.553. The first-order valence-electron chi connectivity index (χ1n) is 7.38. The van der Waals surface area contributed by atoms with Crippen LogP contribution in [0, 0.1) is 17.8 Å². The highest BCUT2D eigenvalue weighted by Crippen LogP contribution is 2.15. The Morgan fingerprint density at radius 2 is 1.89 bits per heavy atom. The molecule has 3 atom stereocenters. The molecular formula is C17H30O. The van der Waals surface area contributed by atoms with E-state index in [4.69, 9.17) is 4.74 Å². The Labute approximate surface area is 114 Å². The van der Waals surface area contributed by atoms with E-state index in [2.05, 4.69) is 53.0 Å². The summed E-state index contributed by atoms with van der Waals surface area (Å²) in [5.74, 6) is 6.80. The first kappa shape index (κ1) is 17.3. The molecule has 1 nitrogen and oxygen atoms in total. The van der Waals surface area contributed by atoms with E-state index in [0.717, 1.165) is 31.3 Å². The summed E-state index contributed by atoms with van der Waals surface area (Å²) >= 11 is 0. The van der Waals surface area contributed by atoms with E-state index >= 15 is 0 Å². The molecule has 0 amide bonds. The van der Waals surface area contributed by atoms with Crippen LogP contribution in [-0.4, -0.2) is 12.2 Å². The first-order chi connectivity index (χ1) is 8.53. The molecule has 0 saturated heterocycles. The first-order valence-corrected chi connectivity index (χ1v) is 7.38. The van der Waals surface area contributed by atoms with Crippen LogP contribution in [0.25, 0.3) is 0 Å². The molecule has 0 aromatic heterocycles. The third kappa shape index (κ3) is 8.37. The highest BCUT2D eigenvalue weighted by atomic mass is 16.5. The number of hydrogen-bond donors (Lipinski definition) is 0. The molecule has 0 bridgehead atoms. The fourth-order valence-corrected chi connectivity index (χ4v) is 1.89. The number of rotatable bonds is 8. The SMILES string of the molecule is C=C(C#CC(C)CC(CC)OC(C)CCC)CC. The van der Waals surface area contributed by atoms with Crippen molar-refractivity contribution in [1.82, 2.24) is 0 Å². The predicted molar refractivity (Wildman–Crippen MR) is 80.5 cm³/mol. The van der Waals surface area contributed by atoms with Gasteiger partial charge in [-0.05, 0) is 38.2 Å². The fraction of sp³-hybridized carbons (Fsp3) is 0.765. The Bertz CT molecular complexity index is 282. The minimum atomic E-state index is 0.339. The van der Waals surface area contributed by atoms with Gasteiger partial charge in [0.25, 0.3) is 0 Å². The van der Waals surface area contributed by atoms with Crippen LogP contribution < -0.4 is 0 Å². The number of ether oxygens (including phenoxy) is 1. The molecule has 0 aliphatic heterocycles. The van der Waals surface area contributed by atoms with E-state index in [0.29, 0.717) is 18.1 Å². The average Bonchev–Trinajstić information content (AvgIpc) is 2.35. The largest absolute Gasteiger partial charge is 0.375 e. The number of allylic oxidation sites excluding steroid dienone is 1. The van der Waals surface area contributed by atoms with Gasteiger partial charge in [0.15, 0.2) is 0 Å². The second-order valence-corrected chi connectivity index (χ2v) is 5.13. The van der Waals surface area contributed by atoms with Gasteiger partial charge in [-0.1, -0.05) is 52.5 Å². The van der Waals surface area contributed by atoms with E-state index in [9.17, 15) is 0 Å². The molecule has 0 aromatic rings. The molecule has 104 valence electrons. The van der Waals surface area contributed by atoms with Gasteiger partial charge in [-0.15, -0.1) is 0 Å². The van der Waals surface area contributed by atoms with Crippen LogP contribution in [0.1, 0.15) is 66.7 Å². The van der Waals surface area contributed by atoms with Crippen LogP contribution >= 0.6 is 0 Å². The molecule has 0 aromatic carbocycles. The Hall–Kier alpha value is -0.740. The normalized spacial score (nSPS) is 15.4. The lowest BCUT2D eigenvalue weighted by Crippen LogP contribution is -2.21. The molecule has 0 saturated carbocycles. The lowest BCUT2D eigenvalue weighted by Gasteiger charge is -2.22. The van der Waals surface area contributed by atoms with Crippen LogP contribution in [0.3, 0.4) is 0 Å². The van der Waals surface area contributed by atoms with Gasteiger partial charge in [0.1, 0.15) is 0 Å². The summed E-state index contributed by atoms with van der Waals surface area (Å²) in [7, 11) is 0. The highest BCUT2D eigenvalue weighted by molar-refractivity contribution is 5.25. The molecule has 18 heavy (non-hydrogen) atoms. The van der Waals surface area contributed by atoms with Gasteiger partial charge in [-0.25, -0.2) is 0 Å². The molecular weight excluding hydrogens is 220 g/mol. The minimum Gasteiger partial charge on any atom is -0.375 e. The minimum absolute atomic E-state index is 0.339. The fourth-order valence-electron chi connectivity index (χ4n) is 1.89. The Morgan fingerprint density at radius 3 is 2.39 bits per heavy atom. The van der Waals surface area contributed by atoms with Crippen molar-refractivity contribution in [3.63, 3.8) is 0 Å². The zero-order chi connectivity index (χ0) is 14.0. The van der Waals surface area contributed by atoms with E-state index in [-0.39, 0.29) is 0 Å².